The fraction of sp³-hybridized carbons (Fsp3) is 0.842. The van der Waals surface area contributed by atoms with Crippen LogP contribution in [0.15, 0.2) is 0 Å². The van der Waals surface area contributed by atoms with Crippen LogP contribution in [0.5, 0.6) is 0 Å². The van der Waals surface area contributed by atoms with E-state index in [1.54, 1.807) is 4.90 Å². The van der Waals surface area contributed by atoms with Crippen molar-refractivity contribution in [2.75, 3.05) is 13.1 Å². The molecular weight excluding hydrogens is 320 g/mol. The summed E-state index contributed by atoms with van der Waals surface area (Å²) in [7, 11) is 0. The molecule has 1 fully saturated rings. The van der Waals surface area contributed by atoms with Crippen molar-refractivity contribution in [3.8, 4) is 0 Å². The van der Waals surface area contributed by atoms with Crippen molar-refractivity contribution in [3.05, 3.63) is 0 Å². The fourth-order valence-electron chi connectivity index (χ4n) is 3.00. The second-order valence-electron chi connectivity index (χ2n) is 8.43. The lowest BCUT2D eigenvalue weighted by Crippen LogP contribution is -2.50. The Labute approximate surface area is 151 Å². The highest BCUT2D eigenvalue weighted by Crippen LogP contribution is 2.23. The molecule has 1 aliphatic rings. The van der Waals surface area contributed by atoms with Crippen molar-refractivity contribution in [2.24, 2.45) is 17.3 Å². The molecule has 2 N–H and O–H groups in total. The number of hydrogen-bond acceptors (Lipinski definition) is 3. The molecule has 144 valence electrons. The summed E-state index contributed by atoms with van der Waals surface area (Å²) in [6.45, 7) is 11.1. The second-order valence-corrected chi connectivity index (χ2v) is 8.43. The number of piperidine rings is 1. The van der Waals surface area contributed by atoms with Crippen LogP contribution >= 0.6 is 0 Å². The molecule has 0 bridgehead atoms. The maximum Gasteiger partial charge on any atom is 0.326 e. The van der Waals surface area contributed by atoms with Gasteiger partial charge in [0.25, 0.3) is 0 Å². The van der Waals surface area contributed by atoms with Crippen molar-refractivity contribution in [3.63, 3.8) is 0 Å². The third kappa shape index (κ3) is 7.04. The number of carbonyl (C=O) groups is 3. The minimum absolute atomic E-state index is 0.0166. The molecular formula is C19H34N2O4. The van der Waals surface area contributed by atoms with Crippen LogP contribution in [0.4, 0.5) is 0 Å². The maximum absolute atomic E-state index is 12.5. The van der Waals surface area contributed by atoms with E-state index in [4.69, 9.17) is 0 Å². The summed E-state index contributed by atoms with van der Waals surface area (Å²) in [4.78, 5) is 38.1. The zero-order valence-corrected chi connectivity index (χ0v) is 16.3. The predicted molar refractivity (Wildman–Crippen MR) is 97.0 cm³/mol. The van der Waals surface area contributed by atoms with Gasteiger partial charge < -0.3 is 15.3 Å². The van der Waals surface area contributed by atoms with Gasteiger partial charge in [0.05, 0.1) is 5.92 Å². The van der Waals surface area contributed by atoms with Crippen molar-refractivity contribution in [1.29, 1.82) is 0 Å². The highest BCUT2D eigenvalue weighted by atomic mass is 16.4. The van der Waals surface area contributed by atoms with E-state index in [-0.39, 0.29) is 29.1 Å². The van der Waals surface area contributed by atoms with E-state index in [1.807, 2.05) is 34.6 Å². The van der Waals surface area contributed by atoms with Crippen LogP contribution in [0.25, 0.3) is 0 Å². The van der Waals surface area contributed by atoms with Gasteiger partial charge in [0.2, 0.25) is 11.8 Å². The Hall–Kier alpha value is -1.59. The Kier molecular flexibility index (Phi) is 7.90. The van der Waals surface area contributed by atoms with Crippen LogP contribution in [-0.2, 0) is 14.4 Å². The molecule has 3 atom stereocenters. The van der Waals surface area contributed by atoms with E-state index in [0.717, 1.165) is 12.8 Å². The van der Waals surface area contributed by atoms with Gasteiger partial charge >= 0.3 is 5.97 Å². The minimum Gasteiger partial charge on any atom is -0.480 e. The van der Waals surface area contributed by atoms with Crippen molar-refractivity contribution >= 4 is 17.8 Å². The number of aliphatic carboxylic acids is 1. The summed E-state index contributed by atoms with van der Waals surface area (Å²) in [6, 6.07) is -0.868. The molecule has 0 aromatic carbocycles. The Balaban J connectivity index is 2.64. The van der Waals surface area contributed by atoms with Crippen molar-refractivity contribution in [2.45, 2.75) is 72.8 Å². The SMILES string of the molecule is CCC(C)C(=O)N1CCCC(C(=O)NC(CCC(C)(C)C)C(=O)O)C1. The third-order valence-electron chi connectivity index (χ3n) is 4.94. The van der Waals surface area contributed by atoms with Gasteiger partial charge in [0.1, 0.15) is 6.04 Å². The van der Waals surface area contributed by atoms with E-state index in [2.05, 4.69) is 5.32 Å². The van der Waals surface area contributed by atoms with Gasteiger partial charge in [0.15, 0.2) is 0 Å². The van der Waals surface area contributed by atoms with E-state index < -0.39 is 12.0 Å². The molecule has 0 saturated carbocycles. The number of nitrogens with zero attached hydrogens (tertiary/aromatic N) is 1. The van der Waals surface area contributed by atoms with Gasteiger partial charge in [-0.05, 0) is 37.5 Å². The highest BCUT2D eigenvalue weighted by Gasteiger charge is 2.32. The minimum atomic E-state index is -0.999. The summed E-state index contributed by atoms with van der Waals surface area (Å²) in [5.41, 5.74) is 0.0166. The molecule has 25 heavy (non-hydrogen) atoms. The van der Waals surface area contributed by atoms with E-state index in [0.29, 0.717) is 32.4 Å². The highest BCUT2D eigenvalue weighted by molar-refractivity contribution is 5.86. The largest absolute Gasteiger partial charge is 0.480 e. The van der Waals surface area contributed by atoms with Gasteiger partial charge in [-0.15, -0.1) is 0 Å². The first-order valence-corrected chi connectivity index (χ1v) is 9.37. The lowest BCUT2D eigenvalue weighted by molar-refractivity contribution is -0.144. The number of carbonyl (C=O) groups excluding carboxylic acids is 2. The lowest BCUT2D eigenvalue weighted by atomic mass is 9.88. The van der Waals surface area contributed by atoms with Crippen LogP contribution in [0, 0.1) is 17.3 Å². The Morgan fingerprint density at radius 2 is 1.92 bits per heavy atom. The molecule has 6 heteroatoms. The summed E-state index contributed by atoms with van der Waals surface area (Å²) in [5, 5.41) is 12.1. The average molecular weight is 354 g/mol. The number of carboxylic acid groups (broad SMARTS) is 1. The fourth-order valence-corrected chi connectivity index (χ4v) is 3.00. The maximum atomic E-state index is 12.5. The summed E-state index contributed by atoms with van der Waals surface area (Å²) >= 11 is 0. The summed E-state index contributed by atoms with van der Waals surface area (Å²) in [5.74, 6) is -1.52. The molecule has 2 amide bonds. The van der Waals surface area contributed by atoms with Crippen LogP contribution in [0.2, 0.25) is 0 Å². The predicted octanol–water partition coefficient (Wildman–Crippen LogP) is 2.67. The molecule has 1 saturated heterocycles. The molecule has 0 aliphatic carbocycles. The monoisotopic (exact) mass is 354 g/mol. The Morgan fingerprint density at radius 1 is 1.28 bits per heavy atom. The van der Waals surface area contributed by atoms with E-state index in [1.165, 1.54) is 0 Å². The van der Waals surface area contributed by atoms with Gasteiger partial charge in [0, 0.05) is 19.0 Å². The van der Waals surface area contributed by atoms with Gasteiger partial charge in [-0.2, -0.15) is 0 Å². The average Bonchev–Trinajstić information content (AvgIpc) is 2.55. The molecule has 1 heterocycles. The molecule has 0 spiro atoms. The molecule has 6 nitrogen and oxygen atoms in total. The molecule has 0 radical (unpaired) electrons. The normalized spacial score (nSPS) is 20.7. The first kappa shape index (κ1) is 21.5. The number of rotatable bonds is 7. The number of nitrogens with one attached hydrogen (secondary N) is 1. The van der Waals surface area contributed by atoms with E-state index >= 15 is 0 Å². The quantitative estimate of drug-likeness (QED) is 0.736. The Morgan fingerprint density at radius 3 is 2.44 bits per heavy atom. The van der Waals surface area contributed by atoms with Gasteiger partial charge in [-0.3, -0.25) is 9.59 Å². The molecule has 3 unspecified atom stereocenters. The number of likely N-dealkylation sites (tertiary alicyclic amines) is 1. The third-order valence-corrected chi connectivity index (χ3v) is 4.94. The van der Waals surface area contributed by atoms with Crippen molar-refractivity contribution in [1.82, 2.24) is 10.2 Å². The van der Waals surface area contributed by atoms with Gasteiger partial charge in [-0.1, -0.05) is 34.6 Å². The lowest BCUT2D eigenvalue weighted by Gasteiger charge is -2.34. The summed E-state index contributed by atoms with van der Waals surface area (Å²) in [6.07, 6.45) is 3.38. The van der Waals surface area contributed by atoms with Crippen LogP contribution < -0.4 is 5.32 Å². The molecule has 1 rings (SSSR count). The molecule has 0 aromatic heterocycles. The van der Waals surface area contributed by atoms with Gasteiger partial charge in [-0.25, -0.2) is 4.79 Å². The molecule has 1 aliphatic heterocycles. The summed E-state index contributed by atoms with van der Waals surface area (Å²) < 4.78 is 0. The number of carboxylic acids is 1. The smallest absolute Gasteiger partial charge is 0.326 e. The van der Waals surface area contributed by atoms with Crippen LogP contribution in [0.3, 0.4) is 0 Å². The second kappa shape index (κ2) is 9.20. The molecule has 0 aromatic rings. The Bertz CT molecular complexity index is 484. The van der Waals surface area contributed by atoms with Crippen molar-refractivity contribution < 1.29 is 19.5 Å². The van der Waals surface area contributed by atoms with Crippen LogP contribution in [-0.4, -0.2) is 46.9 Å². The first-order valence-electron chi connectivity index (χ1n) is 9.37. The first-order chi connectivity index (χ1) is 11.5. The standard InChI is InChI=1S/C19H34N2O4/c1-6-13(2)17(23)21-11-7-8-14(12-21)16(22)20-15(18(24)25)9-10-19(3,4)5/h13-15H,6-12H2,1-5H3,(H,20,22)(H,24,25). The topological polar surface area (TPSA) is 86.7 Å². The number of amides is 2. The van der Waals surface area contributed by atoms with E-state index in [9.17, 15) is 19.5 Å². The van der Waals surface area contributed by atoms with Crippen LogP contribution in [0.1, 0.15) is 66.7 Å². The number of hydrogen-bond donors (Lipinski definition) is 2. The zero-order valence-electron chi connectivity index (χ0n) is 16.3. The zero-order chi connectivity index (χ0) is 19.2.